The molecular weight excluding hydrogens is 190 g/mol. The van der Waals surface area contributed by atoms with Crippen LogP contribution in [-0.2, 0) is 9.53 Å². The molecule has 2 atom stereocenters. The average molecular weight is 213 g/mol. The second-order valence-corrected chi connectivity index (χ2v) is 4.69. The normalized spacial score (nSPS) is 27.7. The first-order chi connectivity index (χ1) is 7.13. The Balaban J connectivity index is 2.18. The van der Waals surface area contributed by atoms with E-state index in [9.17, 15) is 4.79 Å². The summed E-state index contributed by atoms with van der Waals surface area (Å²) in [5.74, 6) is 0.768. The highest BCUT2D eigenvalue weighted by atomic mass is 16.5. The van der Waals surface area contributed by atoms with Crippen molar-refractivity contribution in [1.82, 2.24) is 4.90 Å². The summed E-state index contributed by atoms with van der Waals surface area (Å²) < 4.78 is 4.63. The highest BCUT2D eigenvalue weighted by Gasteiger charge is 2.22. The number of likely N-dealkylation sites (tertiary alicyclic amines) is 1. The molecule has 0 N–H and O–H groups in total. The van der Waals surface area contributed by atoms with Gasteiger partial charge in [0.05, 0.1) is 7.11 Å². The molecule has 1 fully saturated rings. The maximum Gasteiger partial charge on any atom is 0.305 e. The number of esters is 1. The zero-order valence-corrected chi connectivity index (χ0v) is 10.2. The van der Waals surface area contributed by atoms with Gasteiger partial charge in [-0.3, -0.25) is 4.79 Å². The van der Waals surface area contributed by atoms with Crippen molar-refractivity contribution in [3.8, 4) is 0 Å². The van der Waals surface area contributed by atoms with Crippen molar-refractivity contribution in [3.05, 3.63) is 0 Å². The summed E-state index contributed by atoms with van der Waals surface area (Å²) in [7, 11) is 1.45. The number of methoxy groups -OCH3 is 1. The Hall–Kier alpha value is -0.570. The fourth-order valence-electron chi connectivity index (χ4n) is 2.32. The van der Waals surface area contributed by atoms with Crippen molar-refractivity contribution >= 4 is 5.97 Å². The maximum absolute atomic E-state index is 10.9. The van der Waals surface area contributed by atoms with E-state index in [2.05, 4.69) is 23.5 Å². The number of hydrogen-bond acceptors (Lipinski definition) is 3. The minimum atomic E-state index is -0.0898. The number of ether oxygens (including phenoxy) is 1. The molecule has 0 aromatic carbocycles. The van der Waals surface area contributed by atoms with E-state index in [-0.39, 0.29) is 5.97 Å². The lowest BCUT2D eigenvalue weighted by molar-refractivity contribution is -0.140. The van der Waals surface area contributed by atoms with Gasteiger partial charge < -0.3 is 9.64 Å². The second-order valence-electron chi connectivity index (χ2n) is 4.69. The van der Waals surface area contributed by atoms with Gasteiger partial charge in [0, 0.05) is 12.5 Å². The summed E-state index contributed by atoms with van der Waals surface area (Å²) in [6.45, 7) is 6.82. The molecule has 0 aromatic rings. The SMILES string of the molecule is COC(=O)CCCN1CCC(C)CC1C. The molecule has 15 heavy (non-hydrogen) atoms. The molecule has 0 aromatic heterocycles. The topological polar surface area (TPSA) is 29.5 Å². The third kappa shape index (κ3) is 4.20. The molecule has 1 aliphatic rings. The molecule has 0 saturated carbocycles. The molecule has 0 radical (unpaired) electrons. The Bertz CT molecular complexity index is 206. The van der Waals surface area contributed by atoms with Gasteiger partial charge in [-0.05, 0) is 45.2 Å². The highest BCUT2D eigenvalue weighted by Crippen LogP contribution is 2.22. The van der Waals surface area contributed by atoms with E-state index in [1.54, 1.807) is 0 Å². The fraction of sp³-hybridized carbons (Fsp3) is 0.917. The van der Waals surface area contributed by atoms with E-state index < -0.39 is 0 Å². The number of carbonyl (C=O) groups excluding carboxylic acids is 1. The van der Waals surface area contributed by atoms with E-state index in [0.717, 1.165) is 18.9 Å². The number of carbonyl (C=O) groups is 1. The number of rotatable bonds is 4. The first-order valence-corrected chi connectivity index (χ1v) is 5.94. The van der Waals surface area contributed by atoms with Gasteiger partial charge in [0.1, 0.15) is 0 Å². The predicted molar refractivity (Wildman–Crippen MR) is 60.7 cm³/mol. The molecule has 3 heteroatoms. The summed E-state index contributed by atoms with van der Waals surface area (Å²) in [6, 6.07) is 0.673. The van der Waals surface area contributed by atoms with Crippen LogP contribution in [0.15, 0.2) is 0 Å². The summed E-state index contributed by atoms with van der Waals surface area (Å²) in [5, 5.41) is 0. The van der Waals surface area contributed by atoms with Gasteiger partial charge in [0.25, 0.3) is 0 Å². The minimum absolute atomic E-state index is 0.0898. The van der Waals surface area contributed by atoms with Crippen LogP contribution >= 0.6 is 0 Å². The molecule has 0 spiro atoms. The molecule has 2 unspecified atom stereocenters. The van der Waals surface area contributed by atoms with E-state index in [1.165, 1.54) is 26.5 Å². The van der Waals surface area contributed by atoms with E-state index in [4.69, 9.17) is 0 Å². The number of nitrogens with zero attached hydrogens (tertiary/aromatic N) is 1. The lowest BCUT2D eigenvalue weighted by atomic mass is 9.93. The average Bonchev–Trinajstić information content (AvgIpc) is 2.21. The lowest BCUT2D eigenvalue weighted by Crippen LogP contribution is -2.40. The van der Waals surface area contributed by atoms with Gasteiger partial charge in [-0.1, -0.05) is 6.92 Å². The monoisotopic (exact) mass is 213 g/mol. The van der Waals surface area contributed by atoms with Crippen LogP contribution in [-0.4, -0.2) is 37.1 Å². The van der Waals surface area contributed by atoms with Crippen molar-refractivity contribution in [2.45, 2.75) is 45.6 Å². The van der Waals surface area contributed by atoms with Crippen molar-refractivity contribution in [2.75, 3.05) is 20.2 Å². The van der Waals surface area contributed by atoms with Gasteiger partial charge in [0.15, 0.2) is 0 Å². The van der Waals surface area contributed by atoms with Crippen LogP contribution in [0.3, 0.4) is 0 Å². The lowest BCUT2D eigenvalue weighted by Gasteiger charge is -2.36. The van der Waals surface area contributed by atoms with E-state index in [0.29, 0.717) is 12.5 Å². The minimum Gasteiger partial charge on any atom is -0.469 e. The van der Waals surface area contributed by atoms with Crippen LogP contribution in [0, 0.1) is 5.92 Å². The van der Waals surface area contributed by atoms with Gasteiger partial charge in [-0.15, -0.1) is 0 Å². The predicted octanol–water partition coefficient (Wildman–Crippen LogP) is 2.06. The van der Waals surface area contributed by atoms with E-state index in [1.807, 2.05) is 0 Å². The Morgan fingerprint density at radius 2 is 2.20 bits per heavy atom. The zero-order chi connectivity index (χ0) is 11.3. The molecule has 1 saturated heterocycles. The fourth-order valence-corrected chi connectivity index (χ4v) is 2.32. The molecule has 1 aliphatic heterocycles. The number of hydrogen-bond donors (Lipinski definition) is 0. The summed E-state index contributed by atoms with van der Waals surface area (Å²) in [5.41, 5.74) is 0. The van der Waals surface area contributed by atoms with Crippen molar-refractivity contribution in [1.29, 1.82) is 0 Å². The summed E-state index contributed by atoms with van der Waals surface area (Å²) >= 11 is 0. The molecule has 88 valence electrons. The van der Waals surface area contributed by atoms with Crippen molar-refractivity contribution < 1.29 is 9.53 Å². The van der Waals surface area contributed by atoms with Gasteiger partial charge >= 0.3 is 5.97 Å². The molecule has 0 bridgehead atoms. The summed E-state index contributed by atoms with van der Waals surface area (Å²) in [6.07, 6.45) is 4.06. The zero-order valence-electron chi connectivity index (χ0n) is 10.2. The van der Waals surface area contributed by atoms with Crippen molar-refractivity contribution in [2.24, 2.45) is 5.92 Å². The molecule has 1 heterocycles. The van der Waals surface area contributed by atoms with Gasteiger partial charge in [0.2, 0.25) is 0 Å². The quantitative estimate of drug-likeness (QED) is 0.669. The highest BCUT2D eigenvalue weighted by molar-refractivity contribution is 5.69. The summed E-state index contributed by atoms with van der Waals surface area (Å²) in [4.78, 5) is 13.4. The van der Waals surface area contributed by atoms with Crippen LogP contribution in [0.5, 0.6) is 0 Å². The van der Waals surface area contributed by atoms with Gasteiger partial charge in [-0.2, -0.15) is 0 Å². The second kappa shape index (κ2) is 6.11. The number of piperidine rings is 1. The Morgan fingerprint density at radius 1 is 1.47 bits per heavy atom. The Kier molecular flexibility index (Phi) is 5.09. The smallest absolute Gasteiger partial charge is 0.305 e. The van der Waals surface area contributed by atoms with Crippen LogP contribution < -0.4 is 0 Å². The standard InChI is InChI=1S/C12H23NO2/c1-10-6-8-13(11(2)9-10)7-4-5-12(14)15-3/h10-11H,4-9H2,1-3H3. The van der Waals surface area contributed by atoms with Crippen LogP contribution in [0.2, 0.25) is 0 Å². The molecule has 0 aliphatic carbocycles. The first-order valence-electron chi connectivity index (χ1n) is 5.94. The molecule has 3 nitrogen and oxygen atoms in total. The largest absolute Gasteiger partial charge is 0.469 e. The molecule has 1 rings (SSSR count). The Morgan fingerprint density at radius 3 is 2.80 bits per heavy atom. The van der Waals surface area contributed by atoms with Crippen molar-refractivity contribution in [3.63, 3.8) is 0 Å². The molecule has 0 amide bonds. The third-order valence-corrected chi connectivity index (χ3v) is 3.33. The van der Waals surface area contributed by atoms with Crippen LogP contribution in [0.1, 0.15) is 39.5 Å². The third-order valence-electron chi connectivity index (χ3n) is 3.33. The van der Waals surface area contributed by atoms with Crippen LogP contribution in [0.25, 0.3) is 0 Å². The first kappa shape index (κ1) is 12.5. The van der Waals surface area contributed by atoms with Crippen LogP contribution in [0.4, 0.5) is 0 Å². The Labute approximate surface area is 92.8 Å². The van der Waals surface area contributed by atoms with Gasteiger partial charge in [-0.25, -0.2) is 0 Å². The maximum atomic E-state index is 10.9. The molecular formula is C12H23NO2. The van der Waals surface area contributed by atoms with E-state index >= 15 is 0 Å².